The molecule has 0 unspecified atom stereocenters. The van der Waals surface area contributed by atoms with Crippen molar-refractivity contribution in [1.29, 1.82) is 0 Å². The molecule has 2 aliphatic carbocycles. The second-order valence-corrected chi connectivity index (χ2v) is 8.08. The van der Waals surface area contributed by atoms with E-state index in [1.165, 1.54) is 35.2 Å². The normalized spacial score (nSPS) is 16.5. The number of allylic oxidation sites excluding steroid dienone is 1. The first-order valence-corrected chi connectivity index (χ1v) is 10.3. The molecule has 0 spiro atoms. The van der Waals surface area contributed by atoms with Gasteiger partial charge in [0, 0.05) is 48.2 Å². The summed E-state index contributed by atoms with van der Waals surface area (Å²) in [4.78, 5) is 9.66. The molecule has 0 radical (unpaired) electrons. The molecule has 1 saturated carbocycles. The predicted molar refractivity (Wildman–Crippen MR) is 111 cm³/mol. The minimum Gasteiger partial charge on any atom is -0.275 e. The van der Waals surface area contributed by atoms with Crippen molar-refractivity contribution >= 4 is 11.1 Å². The number of hydrogen-bond donors (Lipinski definition) is 0. The van der Waals surface area contributed by atoms with Crippen molar-refractivity contribution in [3.8, 4) is 11.1 Å². The molecule has 144 valence electrons. The Bertz CT molecular complexity index is 1260. The third-order valence-electron chi connectivity index (χ3n) is 5.93. The van der Waals surface area contributed by atoms with E-state index in [9.17, 15) is 0 Å². The van der Waals surface area contributed by atoms with Gasteiger partial charge in [0.05, 0.1) is 23.6 Å². The Morgan fingerprint density at radius 3 is 2.79 bits per heavy atom. The van der Waals surface area contributed by atoms with E-state index in [0.717, 1.165) is 41.7 Å². The molecular formula is C23H22N6. The minimum atomic E-state index is 0.584. The first kappa shape index (κ1) is 16.7. The van der Waals surface area contributed by atoms with Crippen LogP contribution in [0.1, 0.15) is 54.2 Å². The maximum absolute atomic E-state index is 4.95. The second kappa shape index (κ2) is 6.37. The quantitative estimate of drug-likeness (QED) is 0.534. The molecule has 0 aliphatic heterocycles. The fourth-order valence-corrected chi connectivity index (χ4v) is 4.22. The first-order valence-electron chi connectivity index (χ1n) is 10.3. The van der Waals surface area contributed by atoms with Gasteiger partial charge in [-0.25, -0.2) is 14.5 Å². The Hall–Kier alpha value is -3.28. The molecular weight excluding hydrogens is 360 g/mol. The van der Waals surface area contributed by atoms with Crippen LogP contribution in [0.5, 0.6) is 0 Å². The molecule has 6 heteroatoms. The van der Waals surface area contributed by atoms with E-state index < -0.39 is 0 Å². The maximum Gasteiger partial charge on any atom is 0.131 e. The van der Waals surface area contributed by atoms with Crippen LogP contribution in [-0.2, 0) is 13.5 Å². The van der Waals surface area contributed by atoms with E-state index in [0.29, 0.717) is 5.92 Å². The summed E-state index contributed by atoms with van der Waals surface area (Å²) < 4.78 is 3.75. The van der Waals surface area contributed by atoms with Gasteiger partial charge in [-0.15, -0.1) is 0 Å². The highest BCUT2D eigenvalue weighted by atomic mass is 15.2. The predicted octanol–water partition coefficient (Wildman–Crippen LogP) is 4.17. The fourth-order valence-electron chi connectivity index (χ4n) is 4.22. The van der Waals surface area contributed by atoms with Crippen molar-refractivity contribution in [3.63, 3.8) is 0 Å². The maximum atomic E-state index is 4.95. The van der Waals surface area contributed by atoms with E-state index in [1.54, 1.807) is 0 Å². The highest BCUT2D eigenvalue weighted by Crippen LogP contribution is 2.39. The van der Waals surface area contributed by atoms with Crippen LogP contribution in [0.25, 0.3) is 22.2 Å². The van der Waals surface area contributed by atoms with Crippen LogP contribution in [0.15, 0.2) is 49.2 Å². The lowest BCUT2D eigenvalue weighted by Crippen LogP contribution is -2.03. The number of nitrogens with zero attached hydrogens (tertiary/aromatic N) is 6. The number of pyridine rings is 1. The van der Waals surface area contributed by atoms with Crippen LogP contribution in [0.2, 0.25) is 0 Å². The van der Waals surface area contributed by atoms with Crippen molar-refractivity contribution in [3.05, 3.63) is 71.8 Å². The monoisotopic (exact) mass is 382 g/mol. The number of aryl methyl sites for hydroxylation is 2. The summed E-state index contributed by atoms with van der Waals surface area (Å²) in [6, 6.07) is 4.37. The minimum absolute atomic E-state index is 0.584. The molecule has 6 rings (SSSR count). The molecule has 29 heavy (non-hydrogen) atoms. The molecule has 4 aromatic rings. The molecule has 4 aromatic heterocycles. The summed E-state index contributed by atoms with van der Waals surface area (Å²) in [5.41, 5.74) is 8.06. The van der Waals surface area contributed by atoms with Gasteiger partial charge in [-0.1, -0.05) is 6.08 Å². The van der Waals surface area contributed by atoms with Crippen LogP contribution in [0.3, 0.4) is 0 Å². The first-order chi connectivity index (χ1) is 14.3. The lowest BCUT2D eigenvalue weighted by molar-refractivity contribution is 0.768. The topological polar surface area (TPSA) is 60.9 Å². The van der Waals surface area contributed by atoms with Gasteiger partial charge in [0.2, 0.25) is 0 Å². The highest BCUT2D eigenvalue weighted by molar-refractivity contribution is 5.86. The zero-order valence-corrected chi connectivity index (χ0v) is 16.4. The SMILES string of the molecule is Cn1cc(-c2cnn3ccc(C4=CCCCc5nc(C6CC6)ncc54)cc23)cn1. The van der Waals surface area contributed by atoms with Crippen LogP contribution in [0, 0.1) is 0 Å². The van der Waals surface area contributed by atoms with Gasteiger partial charge in [-0.05, 0) is 55.4 Å². The van der Waals surface area contributed by atoms with E-state index >= 15 is 0 Å². The van der Waals surface area contributed by atoms with E-state index in [4.69, 9.17) is 9.97 Å². The zero-order chi connectivity index (χ0) is 19.4. The number of rotatable bonds is 3. The van der Waals surface area contributed by atoms with Gasteiger partial charge in [-0.2, -0.15) is 10.2 Å². The van der Waals surface area contributed by atoms with E-state index in [2.05, 4.69) is 34.6 Å². The Balaban J connectivity index is 1.47. The lowest BCUT2D eigenvalue weighted by atomic mass is 9.97. The second-order valence-electron chi connectivity index (χ2n) is 8.08. The van der Waals surface area contributed by atoms with Crippen LogP contribution >= 0.6 is 0 Å². The Morgan fingerprint density at radius 2 is 1.97 bits per heavy atom. The smallest absolute Gasteiger partial charge is 0.131 e. The molecule has 0 bridgehead atoms. The summed E-state index contributed by atoms with van der Waals surface area (Å²) in [6.45, 7) is 0. The summed E-state index contributed by atoms with van der Waals surface area (Å²) in [5.74, 6) is 1.62. The molecule has 1 fully saturated rings. The zero-order valence-electron chi connectivity index (χ0n) is 16.4. The lowest BCUT2D eigenvalue weighted by Gasteiger charge is -2.12. The molecule has 2 aliphatic rings. The summed E-state index contributed by atoms with van der Waals surface area (Å²) >= 11 is 0. The summed E-state index contributed by atoms with van der Waals surface area (Å²) in [7, 11) is 1.93. The average Bonchev–Trinajstić information content (AvgIpc) is 3.43. The molecule has 0 atom stereocenters. The van der Waals surface area contributed by atoms with Crippen molar-refractivity contribution in [2.45, 2.75) is 38.0 Å². The Labute approximate surface area is 168 Å². The van der Waals surface area contributed by atoms with Gasteiger partial charge >= 0.3 is 0 Å². The van der Waals surface area contributed by atoms with Crippen molar-refractivity contribution in [1.82, 2.24) is 29.4 Å². The Morgan fingerprint density at radius 1 is 1.03 bits per heavy atom. The van der Waals surface area contributed by atoms with Crippen LogP contribution < -0.4 is 0 Å². The summed E-state index contributed by atoms with van der Waals surface area (Å²) in [5, 5.41) is 8.84. The van der Waals surface area contributed by atoms with Crippen molar-refractivity contribution in [2.24, 2.45) is 7.05 Å². The van der Waals surface area contributed by atoms with Crippen molar-refractivity contribution in [2.75, 3.05) is 0 Å². The van der Waals surface area contributed by atoms with Crippen molar-refractivity contribution < 1.29 is 0 Å². The number of fused-ring (bicyclic) bond motifs is 2. The van der Waals surface area contributed by atoms with Crippen LogP contribution in [-0.4, -0.2) is 29.4 Å². The van der Waals surface area contributed by atoms with E-state index in [1.807, 2.05) is 41.0 Å². The third kappa shape index (κ3) is 2.87. The third-order valence-corrected chi connectivity index (χ3v) is 5.93. The van der Waals surface area contributed by atoms with Gasteiger partial charge in [0.15, 0.2) is 0 Å². The number of aromatic nitrogens is 6. The van der Waals surface area contributed by atoms with Gasteiger partial charge < -0.3 is 0 Å². The molecule has 0 aromatic carbocycles. The fraction of sp³-hybridized carbons (Fsp3) is 0.304. The summed E-state index contributed by atoms with van der Waals surface area (Å²) in [6.07, 6.45) is 17.9. The molecule has 0 saturated heterocycles. The van der Waals surface area contributed by atoms with Crippen LogP contribution in [0.4, 0.5) is 0 Å². The highest BCUT2D eigenvalue weighted by Gasteiger charge is 2.28. The Kier molecular flexibility index (Phi) is 3.66. The molecule has 6 nitrogen and oxygen atoms in total. The van der Waals surface area contributed by atoms with Gasteiger partial charge in [0.1, 0.15) is 5.82 Å². The average molecular weight is 382 g/mol. The molecule has 0 N–H and O–H groups in total. The largest absolute Gasteiger partial charge is 0.275 e. The van der Waals surface area contributed by atoms with E-state index in [-0.39, 0.29) is 0 Å². The standard InChI is InChI=1S/C23H22N6/c1-28-14-17(11-25-28)19-13-26-29-9-8-16(10-22(19)29)18-4-2-3-5-21-20(18)12-24-23(27-21)15-6-7-15/h4,8-15H,2-3,5-7H2,1H3. The van der Waals surface area contributed by atoms with Gasteiger partial charge in [0.25, 0.3) is 0 Å². The molecule has 0 amide bonds. The van der Waals surface area contributed by atoms with Gasteiger partial charge in [-0.3, -0.25) is 4.68 Å². The molecule has 4 heterocycles. The number of hydrogen-bond acceptors (Lipinski definition) is 4.